The molecule has 142 valence electrons. The fourth-order valence-corrected chi connectivity index (χ4v) is 3.79. The minimum absolute atomic E-state index is 0.925. The summed E-state index contributed by atoms with van der Waals surface area (Å²) in [5, 5.41) is 9.52. The Morgan fingerprint density at radius 2 is 1.61 bits per heavy atom. The van der Waals surface area contributed by atoms with E-state index in [1.807, 2.05) is 12.3 Å². The maximum absolute atomic E-state index is 4.82. The first-order valence-electron chi connectivity index (χ1n) is 10.2. The normalized spacial score (nSPS) is 11.6. The molecule has 3 aromatic carbocycles. The number of para-hydroxylation sites is 2. The summed E-state index contributed by atoms with van der Waals surface area (Å²) < 4.78 is 2.38. The number of rotatable bonds is 7. The van der Waals surface area contributed by atoms with E-state index in [0.717, 1.165) is 37.2 Å². The van der Waals surface area contributed by atoms with Crippen LogP contribution in [0, 0.1) is 0 Å². The highest BCUT2D eigenvalue weighted by Crippen LogP contribution is 2.29. The van der Waals surface area contributed by atoms with Gasteiger partial charge in [0.25, 0.3) is 0 Å². The largest absolute Gasteiger partial charge is 0.341 e. The van der Waals surface area contributed by atoms with Gasteiger partial charge in [-0.1, -0.05) is 55.8 Å². The van der Waals surface area contributed by atoms with E-state index >= 15 is 0 Å². The number of hydrazone groups is 1. The van der Waals surface area contributed by atoms with Crippen LogP contribution in [0.15, 0.2) is 77.9 Å². The molecular formula is C25H27N3. The molecule has 0 aliphatic rings. The molecule has 0 N–H and O–H groups in total. The van der Waals surface area contributed by atoms with Gasteiger partial charge in [-0.2, -0.15) is 5.10 Å². The van der Waals surface area contributed by atoms with Gasteiger partial charge in [-0.3, -0.25) is 5.01 Å². The number of nitrogens with zero attached hydrogens (tertiary/aromatic N) is 3. The highest BCUT2D eigenvalue weighted by molar-refractivity contribution is 6.09. The lowest BCUT2D eigenvalue weighted by Gasteiger charge is -2.18. The summed E-state index contributed by atoms with van der Waals surface area (Å²) in [5.74, 6) is 0. The molecule has 0 aliphatic heterocycles. The fourth-order valence-electron chi connectivity index (χ4n) is 3.79. The minimum Gasteiger partial charge on any atom is -0.341 e. The molecule has 1 heterocycles. The number of unbranched alkanes of at least 4 members (excludes halogenated alkanes) is 1. The standard InChI is InChI=1S/C25H27N3/c1-3-5-17-28(21-11-7-6-8-12-21)26-19-20-15-16-25-23(18-20)22-13-9-10-14-24(22)27(25)4-2/h6-16,18-19H,3-5,17H2,1-2H3/b26-19-. The molecule has 0 saturated carbocycles. The predicted octanol–water partition coefficient (Wildman–Crippen LogP) is 6.46. The number of anilines is 1. The van der Waals surface area contributed by atoms with E-state index in [-0.39, 0.29) is 0 Å². The molecule has 0 fully saturated rings. The van der Waals surface area contributed by atoms with Gasteiger partial charge >= 0.3 is 0 Å². The zero-order chi connectivity index (χ0) is 19.3. The van der Waals surface area contributed by atoms with Gasteiger partial charge < -0.3 is 4.57 Å². The van der Waals surface area contributed by atoms with Crippen molar-refractivity contribution in [3.05, 3.63) is 78.4 Å². The number of aromatic nitrogens is 1. The number of hydrogen-bond donors (Lipinski definition) is 0. The first kappa shape index (κ1) is 18.3. The Balaban J connectivity index is 1.71. The first-order valence-corrected chi connectivity index (χ1v) is 10.2. The molecule has 3 heteroatoms. The van der Waals surface area contributed by atoms with Gasteiger partial charge in [0.2, 0.25) is 0 Å². The van der Waals surface area contributed by atoms with Gasteiger partial charge in [0.15, 0.2) is 0 Å². The van der Waals surface area contributed by atoms with Crippen molar-refractivity contribution in [1.29, 1.82) is 0 Å². The molecule has 0 atom stereocenters. The molecule has 4 aromatic rings. The molecule has 28 heavy (non-hydrogen) atoms. The van der Waals surface area contributed by atoms with Gasteiger partial charge in [0, 0.05) is 34.9 Å². The van der Waals surface area contributed by atoms with Gasteiger partial charge in [0.1, 0.15) is 0 Å². The maximum atomic E-state index is 4.82. The molecule has 0 amide bonds. The summed E-state index contributed by atoms with van der Waals surface area (Å²) in [4.78, 5) is 0. The molecule has 1 aromatic heterocycles. The third-order valence-electron chi connectivity index (χ3n) is 5.24. The summed E-state index contributed by atoms with van der Waals surface area (Å²) >= 11 is 0. The van der Waals surface area contributed by atoms with Crippen LogP contribution in [0.5, 0.6) is 0 Å². The third-order valence-corrected chi connectivity index (χ3v) is 5.24. The molecule has 4 rings (SSSR count). The van der Waals surface area contributed by atoms with Gasteiger partial charge in [-0.25, -0.2) is 0 Å². The Hall–Kier alpha value is -3.07. The third kappa shape index (κ3) is 3.53. The monoisotopic (exact) mass is 369 g/mol. The topological polar surface area (TPSA) is 20.5 Å². The second kappa shape index (κ2) is 8.30. The lowest BCUT2D eigenvalue weighted by atomic mass is 10.1. The Kier molecular flexibility index (Phi) is 5.43. The Morgan fingerprint density at radius 3 is 2.39 bits per heavy atom. The summed E-state index contributed by atoms with van der Waals surface area (Å²) in [6.07, 6.45) is 4.26. The first-order chi connectivity index (χ1) is 13.8. The smallest absolute Gasteiger partial charge is 0.0593 e. The van der Waals surface area contributed by atoms with E-state index < -0.39 is 0 Å². The predicted molar refractivity (Wildman–Crippen MR) is 121 cm³/mol. The number of aryl methyl sites for hydroxylation is 1. The summed E-state index contributed by atoms with van der Waals surface area (Å²) in [7, 11) is 0. The number of hydrogen-bond acceptors (Lipinski definition) is 2. The van der Waals surface area contributed by atoms with Crippen LogP contribution in [0.2, 0.25) is 0 Å². The van der Waals surface area contributed by atoms with Crippen LogP contribution in [0.4, 0.5) is 5.69 Å². The van der Waals surface area contributed by atoms with Crippen molar-refractivity contribution >= 4 is 33.7 Å². The average molecular weight is 370 g/mol. The summed E-state index contributed by atoms with van der Waals surface area (Å²) in [6.45, 7) is 6.31. The number of benzene rings is 3. The van der Waals surface area contributed by atoms with Crippen molar-refractivity contribution in [3.8, 4) is 0 Å². The van der Waals surface area contributed by atoms with Crippen LogP contribution in [0.25, 0.3) is 21.8 Å². The molecule has 3 nitrogen and oxygen atoms in total. The second-order valence-electron chi connectivity index (χ2n) is 7.09. The van der Waals surface area contributed by atoms with Crippen molar-refractivity contribution < 1.29 is 0 Å². The highest BCUT2D eigenvalue weighted by atomic mass is 15.4. The van der Waals surface area contributed by atoms with Gasteiger partial charge in [-0.05, 0) is 49.2 Å². The van der Waals surface area contributed by atoms with E-state index in [1.165, 1.54) is 21.8 Å². The Bertz CT molecular complexity index is 1090. The molecule has 0 saturated heterocycles. The fraction of sp³-hybridized carbons (Fsp3) is 0.240. The number of fused-ring (bicyclic) bond motifs is 3. The molecule has 0 unspecified atom stereocenters. The van der Waals surface area contributed by atoms with Crippen LogP contribution < -0.4 is 5.01 Å². The molecular weight excluding hydrogens is 342 g/mol. The van der Waals surface area contributed by atoms with Crippen molar-refractivity contribution in [1.82, 2.24) is 4.57 Å². The lowest BCUT2D eigenvalue weighted by Crippen LogP contribution is -2.17. The van der Waals surface area contributed by atoms with E-state index in [1.54, 1.807) is 0 Å². The van der Waals surface area contributed by atoms with E-state index in [2.05, 4.69) is 90.2 Å². The SMILES string of the molecule is CCCCN(/N=C\c1ccc2c(c1)c1ccccc1n2CC)c1ccccc1. The van der Waals surface area contributed by atoms with Crippen LogP contribution in [0.3, 0.4) is 0 Å². The van der Waals surface area contributed by atoms with Gasteiger partial charge in [-0.15, -0.1) is 0 Å². The van der Waals surface area contributed by atoms with Crippen molar-refractivity contribution in [2.75, 3.05) is 11.6 Å². The van der Waals surface area contributed by atoms with Gasteiger partial charge in [0.05, 0.1) is 11.9 Å². The van der Waals surface area contributed by atoms with Crippen LogP contribution >= 0.6 is 0 Å². The van der Waals surface area contributed by atoms with Crippen LogP contribution in [-0.2, 0) is 6.54 Å². The average Bonchev–Trinajstić information content (AvgIpc) is 3.07. The molecule has 0 radical (unpaired) electrons. The van der Waals surface area contributed by atoms with Crippen molar-refractivity contribution in [2.45, 2.75) is 33.2 Å². The van der Waals surface area contributed by atoms with E-state index in [4.69, 9.17) is 5.10 Å². The zero-order valence-corrected chi connectivity index (χ0v) is 16.7. The van der Waals surface area contributed by atoms with E-state index in [0.29, 0.717) is 0 Å². The van der Waals surface area contributed by atoms with Crippen LogP contribution in [-0.4, -0.2) is 17.3 Å². The molecule has 0 spiro atoms. The maximum Gasteiger partial charge on any atom is 0.0593 e. The zero-order valence-electron chi connectivity index (χ0n) is 16.7. The second-order valence-corrected chi connectivity index (χ2v) is 7.09. The van der Waals surface area contributed by atoms with Crippen molar-refractivity contribution in [3.63, 3.8) is 0 Å². The van der Waals surface area contributed by atoms with Crippen LogP contribution in [0.1, 0.15) is 32.3 Å². The summed E-state index contributed by atoms with van der Waals surface area (Å²) in [5.41, 5.74) is 4.84. The highest BCUT2D eigenvalue weighted by Gasteiger charge is 2.09. The molecule has 0 bridgehead atoms. The van der Waals surface area contributed by atoms with E-state index in [9.17, 15) is 0 Å². The Labute approximate surface area is 166 Å². The Morgan fingerprint density at radius 1 is 0.857 bits per heavy atom. The minimum atomic E-state index is 0.925. The summed E-state index contributed by atoms with van der Waals surface area (Å²) in [6, 6.07) is 25.7. The molecule has 0 aliphatic carbocycles. The van der Waals surface area contributed by atoms with Crippen molar-refractivity contribution in [2.24, 2.45) is 5.10 Å². The quantitative estimate of drug-likeness (QED) is 0.271. The lowest BCUT2D eigenvalue weighted by molar-refractivity contribution is 0.741.